The Morgan fingerprint density at radius 3 is 2.43 bits per heavy atom. The van der Waals surface area contributed by atoms with Crippen molar-refractivity contribution in [2.24, 2.45) is 0 Å². The molecule has 3 aromatic carbocycles. The molecule has 0 bridgehead atoms. The lowest BCUT2D eigenvalue weighted by Crippen LogP contribution is -2.19. The Kier molecular flexibility index (Phi) is 4.47. The zero-order chi connectivity index (χ0) is 20.7. The fourth-order valence-corrected chi connectivity index (χ4v) is 3.80. The Balaban J connectivity index is 1.63. The van der Waals surface area contributed by atoms with E-state index in [1.807, 2.05) is 36.4 Å². The molecule has 1 aliphatic heterocycles. The van der Waals surface area contributed by atoms with Crippen LogP contribution in [0.25, 0.3) is 16.7 Å². The minimum absolute atomic E-state index is 0.140. The second-order valence-corrected chi connectivity index (χ2v) is 7.26. The molecule has 6 heteroatoms. The molecular weight excluding hydrogens is 384 g/mol. The van der Waals surface area contributed by atoms with Gasteiger partial charge in [0.15, 0.2) is 0 Å². The number of halogens is 2. The van der Waals surface area contributed by atoms with Crippen molar-refractivity contribution in [2.75, 3.05) is 5.32 Å². The van der Waals surface area contributed by atoms with E-state index in [9.17, 15) is 8.78 Å². The number of hydrogen-bond acceptors (Lipinski definition) is 3. The van der Waals surface area contributed by atoms with Crippen LogP contribution in [-0.2, 0) is 0 Å². The Bertz CT molecular complexity index is 1230. The number of para-hydroxylation sites is 2. The summed E-state index contributed by atoms with van der Waals surface area (Å²) in [5, 5.41) is 3.45. The number of allylic oxidation sites excluding steroid dienone is 1. The predicted octanol–water partition coefficient (Wildman–Crippen LogP) is 6.00. The lowest BCUT2D eigenvalue weighted by molar-refractivity contribution is -0.0498. The molecule has 0 spiro atoms. The van der Waals surface area contributed by atoms with E-state index in [4.69, 9.17) is 4.98 Å². The highest BCUT2D eigenvalue weighted by Crippen LogP contribution is 2.37. The highest BCUT2D eigenvalue weighted by molar-refractivity contribution is 5.85. The van der Waals surface area contributed by atoms with Gasteiger partial charge in [0.1, 0.15) is 5.75 Å². The van der Waals surface area contributed by atoms with E-state index < -0.39 is 6.61 Å². The van der Waals surface area contributed by atoms with E-state index >= 15 is 0 Å². The maximum Gasteiger partial charge on any atom is 0.387 e. The smallest absolute Gasteiger partial charge is 0.387 e. The first kappa shape index (κ1) is 18.4. The predicted molar refractivity (Wildman–Crippen MR) is 114 cm³/mol. The first-order chi connectivity index (χ1) is 14.6. The van der Waals surface area contributed by atoms with E-state index in [-0.39, 0.29) is 11.8 Å². The van der Waals surface area contributed by atoms with Gasteiger partial charge in [-0.25, -0.2) is 4.98 Å². The molecule has 2 heterocycles. The number of benzene rings is 3. The molecule has 1 N–H and O–H groups in total. The molecule has 30 heavy (non-hydrogen) atoms. The van der Waals surface area contributed by atoms with E-state index in [0.717, 1.165) is 33.8 Å². The highest BCUT2D eigenvalue weighted by atomic mass is 19.3. The third-order valence-corrected chi connectivity index (χ3v) is 5.25. The van der Waals surface area contributed by atoms with Crippen LogP contribution in [0.15, 0.2) is 78.9 Å². The number of nitrogens with zero attached hydrogens (tertiary/aromatic N) is 2. The van der Waals surface area contributed by atoms with Gasteiger partial charge in [0, 0.05) is 5.70 Å². The second-order valence-electron chi connectivity index (χ2n) is 7.26. The van der Waals surface area contributed by atoms with Crippen molar-refractivity contribution in [2.45, 2.75) is 19.6 Å². The van der Waals surface area contributed by atoms with Gasteiger partial charge in [-0.05, 0) is 48.4 Å². The van der Waals surface area contributed by atoms with Crippen LogP contribution in [0, 0.1) is 6.92 Å². The molecular formula is C24H19F2N3O. The SMILES string of the molecule is Cc1ccc(C2=CC(c3ccc(OC(F)F)cc3)n3c(nc4ccccc43)N2)cc1. The van der Waals surface area contributed by atoms with Gasteiger partial charge in [-0.2, -0.15) is 8.78 Å². The first-order valence-corrected chi connectivity index (χ1v) is 9.66. The van der Waals surface area contributed by atoms with Gasteiger partial charge in [0.25, 0.3) is 0 Å². The summed E-state index contributed by atoms with van der Waals surface area (Å²) in [6.45, 7) is -0.787. The van der Waals surface area contributed by atoms with Crippen LogP contribution < -0.4 is 10.1 Å². The molecule has 1 unspecified atom stereocenters. The molecule has 0 saturated heterocycles. The summed E-state index contributed by atoms with van der Waals surface area (Å²) in [6, 6.07) is 22.9. The van der Waals surface area contributed by atoms with E-state index in [1.165, 1.54) is 5.56 Å². The normalized spacial score (nSPS) is 15.6. The second kappa shape index (κ2) is 7.30. The van der Waals surface area contributed by atoms with Crippen LogP contribution in [0.1, 0.15) is 22.7 Å². The van der Waals surface area contributed by atoms with Crippen LogP contribution in [0.2, 0.25) is 0 Å². The van der Waals surface area contributed by atoms with Crippen molar-refractivity contribution < 1.29 is 13.5 Å². The lowest BCUT2D eigenvalue weighted by atomic mass is 10.0. The number of rotatable bonds is 4. The standard InChI is InChI=1S/C24H19F2N3O/c1-15-6-8-16(9-7-15)20-14-22(17-10-12-18(13-11-17)30-23(25)26)29-21-5-3-2-4-19(21)27-24(29)28-20/h2-14,22-23H,1H3,(H,27,28). The zero-order valence-corrected chi connectivity index (χ0v) is 16.2. The Labute approximate surface area is 172 Å². The molecule has 0 aliphatic carbocycles. The van der Waals surface area contributed by atoms with Crippen LogP contribution >= 0.6 is 0 Å². The number of hydrogen-bond donors (Lipinski definition) is 1. The van der Waals surface area contributed by atoms with Crippen LogP contribution in [0.5, 0.6) is 5.75 Å². The minimum Gasteiger partial charge on any atom is -0.435 e. The van der Waals surface area contributed by atoms with Crippen molar-refractivity contribution in [3.8, 4) is 5.75 Å². The molecule has 1 aromatic heterocycles. The van der Waals surface area contributed by atoms with Crippen molar-refractivity contribution >= 4 is 22.7 Å². The summed E-state index contributed by atoms with van der Waals surface area (Å²) in [5.74, 6) is 0.883. The van der Waals surface area contributed by atoms with Crippen molar-refractivity contribution in [3.05, 3.63) is 95.6 Å². The largest absolute Gasteiger partial charge is 0.435 e. The summed E-state index contributed by atoms with van der Waals surface area (Å²) in [6.07, 6.45) is 2.13. The van der Waals surface area contributed by atoms with Crippen LogP contribution in [-0.4, -0.2) is 16.2 Å². The number of nitrogens with one attached hydrogen (secondary N) is 1. The minimum atomic E-state index is -2.84. The van der Waals surface area contributed by atoms with Gasteiger partial charge in [-0.1, -0.05) is 54.1 Å². The maximum absolute atomic E-state index is 12.5. The monoisotopic (exact) mass is 403 g/mol. The Hall–Kier alpha value is -3.67. The third-order valence-electron chi connectivity index (χ3n) is 5.25. The molecule has 0 fully saturated rings. The number of ether oxygens (including phenoxy) is 1. The summed E-state index contributed by atoms with van der Waals surface area (Å²) >= 11 is 0. The molecule has 0 amide bonds. The molecule has 1 atom stereocenters. The lowest BCUT2D eigenvalue weighted by Gasteiger charge is -2.27. The fraction of sp³-hybridized carbons (Fsp3) is 0.125. The fourth-order valence-electron chi connectivity index (χ4n) is 3.80. The van der Waals surface area contributed by atoms with E-state index in [1.54, 1.807) is 12.1 Å². The highest BCUT2D eigenvalue weighted by Gasteiger charge is 2.25. The van der Waals surface area contributed by atoms with Crippen molar-refractivity contribution in [1.29, 1.82) is 0 Å². The number of aryl methyl sites for hydroxylation is 1. The van der Waals surface area contributed by atoms with Gasteiger partial charge in [-0.15, -0.1) is 0 Å². The topological polar surface area (TPSA) is 39.1 Å². The van der Waals surface area contributed by atoms with Gasteiger partial charge in [0.05, 0.1) is 17.1 Å². The summed E-state index contributed by atoms with van der Waals surface area (Å²) in [7, 11) is 0. The Morgan fingerprint density at radius 2 is 1.70 bits per heavy atom. The summed E-state index contributed by atoms with van der Waals surface area (Å²) in [5.41, 5.74) is 6.04. The van der Waals surface area contributed by atoms with Gasteiger partial charge in [0.2, 0.25) is 5.95 Å². The average Bonchev–Trinajstić information content (AvgIpc) is 3.12. The molecule has 1 aliphatic rings. The molecule has 4 aromatic rings. The number of imidazole rings is 1. The van der Waals surface area contributed by atoms with Crippen molar-refractivity contribution in [3.63, 3.8) is 0 Å². The van der Waals surface area contributed by atoms with Crippen LogP contribution in [0.4, 0.5) is 14.7 Å². The Morgan fingerprint density at radius 1 is 0.967 bits per heavy atom. The molecule has 0 radical (unpaired) electrons. The van der Waals surface area contributed by atoms with Crippen LogP contribution in [0.3, 0.4) is 0 Å². The molecule has 4 nitrogen and oxygen atoms in total. The van der Waals surface area contributed by atoms with Gasteiger partial charge < -0.3 is 10.1 Å². The number of alkyl halides is 2. The van der Waals surface area contributed by atoms with Gasteiger partial charge in [-0.3, -0.25) is 4.57 Å². The number of aromatic nitrogens is 2. The molecule has 150 valence electrons. The summed E-state index contributed by atoms with van der Waals surface area (Å²) in [4.78, 5) is 4.77. The van der Waals surface area contributed by atoms with E-state index in [2.05, 4.69) is 51.9 Å². The van der Waals surface area contributed by atoms with E-state index in [0.29, 0.717) is 0 Å². The quantitative estimate of drug-likeness (QED) is 0.454. The number of fused-ring (bicyclic) bond motifs is 3. The molecule has 0 saturated carbocycles. The average molecular weight is 403 g/mol. The zero-order valence-electron chi connectivity index (χ0n) is 16.2. The summed E-state index contributed by atoms with van der Waals surface area (Å²) < 4.78 is 31.7. The third kappa shape index (κ3) is 3.30. The first-order valence-electron chi connectivity index (χ1n) is 9.66. The molecule has 5 rings (SSSR count). The van der Waals surface area contributed by atoms with Crippen molar-refractivity contribution in [1.82, 2.24) is 9.55 Å². The van der Waals surface area contributed by atoms with Gasteiger partial charge >= 0.3 is 6.61 Å². The maximum atomic E-state index is 12.5. The number of anilines is 1.